The molecule has 2 aromatic rings. The Bertz CT molecular complexity index is 739. The molecule has 2 atom stereocenters. The van der Waals surface area contributed by atoms with Crippen LogP contribution < -0.4 is 10.1 Å². The molecule has 7 heteroatoms. The Morgan fingerprint density at radius 3 is 2.79 bits per heavy atom. The molecule has 1 aromatic carbocycles. The fraction of sp³-hybridized carbons (Fsp3) is 0.353. The van der Waals surface area contributed by atoms with Crippen molar-refractivity contribution in [1.29, 1.82) is 0 Å². The average Bonchev–Trinajstić information content (AvgIpc) is 3.06. The number of nitrogens with one attached hydrogen (secondary N) is 1. The highest BCUT2D eigenvalue weighted by atomic mass is 16.5. The number of hydrogen-bond donors (Lipinski definition) is 1. The van der Waals surface area contributed by atoms with Crippen LogP contribution in [0, 0.1) is 5.92 Å². The number of fused-ring (bicyclic) bond motifs is 1. The number of methoxy groups -OCH3 is 1. The van der Waals surface area contributed by atoms with Gasteiger partial charge in [-0.15, -0.1) is 0 Å². The Hall–Kier alpha value is -2.83. The summed E-state index contributed by atoms with van der Waals surface area (Å²) < 4.78 is 12.2. The van der Waals surface area contributed by atoms with Crippen molar-refractivity contribution in [3.63, 3.8) is 0 Å². The molecule has 24 heavy (non-hydrogen) atoms. The lowest BCUT2D eigenvalue weighted by Crippen LogP contribution is -2.37. The van der Waals surface area contributed by atoms with Crippen LogP contribution in [0.15, 0.2) is 42.9 Å². The molecule has 3 rings (SSSR count). The van der Waals surface area contributed by atoms with Crippen LogP contribution in [-0.4, -0.2) is 34.5 Å². The van der Waals surface area contributed by atoms with E-state index in [0.717, 1.165) is 17.7 Å². The Kier molecular flexibility index (Phi) is 4.50. The SMILES string of the molecule is C=C1Nc2ncnn2C(c2ccc(OCCC)cc2)C1C(=O)OC. The van der Waals surface area contributed by atoms with Gasteiger partial charge in [0.25, 0.3) is 0 Å². The van der Waals surface area contributed by atoms with Crippen LogP contribution in [0.25, 0.3) is 0 Å². The van der Waals surface area contributed by atoms with E-state index in [4.69, 9.17) is 9.47 Å². The minimum absolute atomic E-state index is 0.370. The number of carbonyl (C=O) groups excluding carboxylic acids is 1. The lowest BCUT2D eigenvalue weighted by Gasteiger charge is -2.32. The number of anilines is 1. The smallest absolute Gasteiger partial charge is 0.317 e. The number of nitrogens with zero attached hydrogens (tertiary/aromatic N) is 3. The van der Waals surface area contributed by atoms with Gasteiger partial charge in [-0.2, -0.15) is 10.1 Å². The first-order chi connectivity index (χ1) is 11.7. The van der Waals surface area contributed by atoms with Crippen molar-refractivity contribution in [2.45, 2.75) is 19.4 Å². The monoisotopic (exact) mass is 328 g/mol. The van der Waals surface area contributed by atoms with E-state index in [-0.39, 0.29) is 12.0 Å². The lowest BCUT2D eigenvalue weighted by molar-refractivity contribution is -0.145. The molecule has 0 amide bonds. The van der Waals surface area contributed by atoms with Crippen LogP contribution in [-0.2, 0) is 9.53 Å². The van der Waals surface area contributed by atoms with E-state index in [2.05, 4.69) is 28.9 Å². The Balaban J connectivity index is 1.98. The summed E-state index contributed by atoms with van der Waals surface area (Å²) in [5, 5.41) is 7.26. The molecule has 2 heterocycles. The first-order valence-electron chi connectivity index (χ1n) is 7.81. The second-order valence-corrected chi connectivity index (χ2v) is 5.54. The van der Waals surface area contributed by atoms with Crippen LogP contribution in [0.1, 0.15) is 24.9 Å². The second-order valence-electron chi connectivity index (χ2n) is 5.54. The summed E-state index contributed by atoms with van der Waals surface area (Å²) in [6.07, 6.45) is 2.39. The van der Waals surface area contributed by atoms with Gasteiger partial charge < -0.3 is 14.8 Å². The number of aromatic nitrogens is 3. The predicted molar refractivity (Wildman–Crippen MR) is 88.7 cm³/mol. The van der Waals surface area contributed by atoms with Gasteiger partial charge in [0.05, 0.1) is 19.8 Å². The summed E-state index contributed by atoms with van der Waals surface area (Å²) >= 11 is 0. The highest BCUT2D eigenvalue weighted by Gasteiger charge is 2.40. The first-order valence-corrected chi connectivity index (χ1v) is 7.81. The van der Waals surface area contributed by atoms with Crippen LogP contribution >= 0.6 is 0 Å². The maximum Gasteiger partial charge on any atom is 0.317 e. The average molecular weight is 328 g/mol. The Morgan fingerprint density at radius 1 is 1.38 bits per heavy atom. The van der Waals surface area contributed by atoms with Crippen LogP contribution in [0.2, 0.25) is 0 Å². The quantitative estimate of drug-likeness (QED) is 0.849. The number of ether oxygens (including phenoxy) is 2. The Labute approximate surface area is 140 Å². The standard InChI is InChI=1S/C17H20N4O3/c1-4-9-24-13-7-5-12(6-8-13)15-14(16(22)23-3)11(2)20-17-18-10-19-21(15)17/h5-8,10,14-15H,2,4,9H2,1,3H3,(H,18,19,20). The molecule has 0 saturated heterocycles. The molecule has 0 bridgehead atoms. The molecule has 0 radical (unpaired) electrons. The van der Waals surface area contributed by atoms with Gasteiger partial charge in [0.15, 0.2) is 0 Å². The molecule has 1 aliphatic rings. The van der Waals surface area contributed by atoms with Gasteiger partial charge in [0.1, 0.15) is 18.0 Å². The highest BCUT2D eigenvalue weighted by molar-refractivity contribution is 5.78. The van der Waals surface area contributed by atoms with Gasteiger partial charge in [-0.3, -0.25) is 4.79 Å². The number of hydrogen-bond acceptors (Lipinski definition) is 6. The Morgan fingerprint density at radius 2 is 2.12 bits per heavy atom. The molecule has 7 nitrogen and oxygen atoms in total. The molecule has 0 fully saturated rings. The molecule has 0 saturated carbocycles. The molecular formula is C17H20N4O3. The van der Waals surface area contributed by atoms with E-state index < -0.39 is 5.92 Å². The maximum atomic E-state index is 12.3. The summed E-state index contributed by atoms with van der Waals surface area (Å²) in [4.78, 5) is 16.5. The van der Waals surface area contributed by atoms with E-state index in [0.29, 0.717) is 18.3 Å². The van der Waals surface area contributed by atoms with Crippen LogP contribution in [0.4, 0.5) is 5.95 Å². The predicted octanol–water partition coefficient (Wildman–Crippen LogP) is 2.38. The van der Waals surface area contributed by atoms with Gasteiger partial charge in [-0.1, -0.05) is 25.6 Å². The van der Waals surface area contributed by atoms with Crippen molar-refractivity contribution in [1.82, 2.24) is 14.8 Å². The van der Waals surface area contributed by atoms with Crippen molar-refractivity contribution in [2.24, 2.45) is 5.92 Å². The third-order valence-electron chi connectivity index (χ3n) is 3.95. The van der Waals surface area contributed by atoms with Crippen molar-refractivity contribution in [3.8, 4) is 5.75 Å². The largest absolute Gasteiger partial charge is 0.494 e. The summed E-state index contributed by atoms with van der Waals surface area (Å²) in [7, 11) is 1.37. The molecule has 0 aliphatic carbocycles. The van der Waals surface area contributed by atoms with E-state index in [1.807, 2.05) is 24.3 Å². The number of esters is 1. The van der Waals surface area contributed by atoms with Crippen molar-refractivity contribution < 1.29 is 14.3 Å². The van der Waals surface area contributed by atoms with Gasteiger partial charge in [-0.05, 0) is 24.1 Å². The fourth-order valence-electron chi connectivity index (χ4n) is 2.81. The third-order valence-corrected chi connectivity index (χ3v) is 3.95. The number of carbonyl (C=O) groups is 1. The van der Waals surface area contributed by atoms with Crippen LogP contribution in [0.3, 0.4) is 0 Å². The normalized spacial score (nSPS) is 19.3. The summed E-state index contributed by atoms with van der Waals surface area (Å²) in [6.45, 7) is 6.69. The van der Waals surface area contributed by atoms with E-state index in [1.165, 1.54) is 13.4 Å². The topological polar surface area (TPSA) is 78.3 Å². The van der Waals surface area contributed by atoms with Crippen LogP contribution in [0.5, 0.6) is 5.75 Å². The molecule has 1 aromatic heterocycles. The van der Waals surface area contributed by atoms with Crippen molar-refractivity contribution in [2.75, 3.05) is 19.0 Å². The van der Waals surface area contributed by atoms with Gasteiger partial charge in [0.2, 0.25) is 5.95 Å². The second kappa shape index (κ2) is 6.74. The number of rotatable bonds is 5. The van der Waals surface area contributed by atoms with Crippen molar-refractivity contribution in [3.05, 3.63) is 48.4 Å². The lowest BCUT2D eigenvalue weighted by atomic mass is 9.89. The molecule has 126 valence electrons. The molecule has 1 aliphatic heterocycles. The van der Waals surface area contributed by atoms with E-state index >= 15 is 0 Å². The number of benzene rings is 1. The van der Waals surface area contributed by atoms with Gasteiger partial charge >= 0.3 is 5.97 Å². The van der Waals surface area contributed by atoms with E-state index in [1.54, 1.807) is 4.68 Å². The first kappa shape index (κ1) is 16.0. The van der Waals surface area contributed by atoms with Crippen molar-refractivity contribution >= 4 is 11.9 Å². The molecule has 2 unspecified atom stereocenters. The minimum Gasteiger partial charge on any atom is -0.494 e. The molecule has 1 N–H and O–H groups in total. The summed E-state index contributed by atoms with van der Waals surface area (Å²) in [6, 6.07) is 7.26. The van der Waals surface area contributed by atoms with Gasteiger partial charge in [-0.25, -0.2) is 4.68 Å². The maximum absolute atomic E-state index is 12.3. The summed E-state index contributed by atoms with van der Waals surface area (Å²) in [5.74, 6) is 0.384. The molecule has 0 spiro atoms. The zero-order valence-corrected chi connectivity index (χ0v) is 13.7. The highest BCUT2D eigenvalue weighted by Crippen LogP contribution is 2.38. The third kappa shape index (κ3) is 2.84. The molecular weight excluding hydrogens is 308 g/mol. The summed E-state index contributed by atoms with van der Waals surface area (Å²) in [5.41, 5.74) is 1.45. The fourth-order valence-corrected chi connectivity index (χ4v) is 2.81. The zero-order valence-electron chi connectivity index (χ0n) is 13.7. The van der Waals surface area contributed by atoms with E-state index in [9.17, 15) is 4.79 Å². The minimum atomic E-state index is -0.591. The van der Waals surface area contributed by atoms with Gasteiger partial charge in [0, 0.05) is 5.70 Å². The zero-order chi connectivity index (χ0) is 17.1.